The van der Waals surface area contributed by atoms with Crippen LogP contribution < -0.4 is 5.49 Å². The van der Waals surface area contributed by atoms with Gasteiger partial charge in [-0.3, -0.25) is 9.98 Å². The van der Waals surface area contributed by atoms with Crippen LogP contribution in [0.1, 0.15) is 29.3 Å². The number of aliphatic hydroxyl groups excluding tert-OH is 3. The molecule has 174 valence electrons. The number of nitrogens with one attached hydrogen (secondary N) is 1. The summed E-state index contributed by atoms with van der Waals surface area (Å²) in [5, 5.41) is 39.1. The molecule has 0 amide bonds. The number of imidazole rings is 1. The molecule has 4 aromatic rings. The Bertz CT molecular complexity index is 1420. The molecule has 9 heteroatoms. The first kappa shape index (κ1) is 21.2. The highest BCUT2D eigenvalue weighted by molar-refractivity contribution is 5.71. The summed E-state index contributed by atoms with van der Waals surface area (Å²) in [7, 11) is 0. The van der Waals surface area contributed by atoms with Crippen molar-refractivity contribution in [3.63, 3.8) is 0 Å². The Hall–Kier alpha value is -3.37. The number of aromatic nitrogens is 4. The fourth-order valence-electron chi connectivity index (χ4n) is 5.56. The number of ether oxygens (including phenoxy) is 1. The minimum absolute atomic E-state index is 0.00578. The molecule has 5 atom stereocenters. The molecule has 0 spiro atoms. The lowest BCUT2D eigenvalue weighted by Gasteiger charge is -2.35. The highest BCUT2D eigenvalue weighted by Gasteiger charge is 2.46. The average molecular weight is 460 g/mol. The van der Waals surface area contributed by atoms with E-state index in [9.17, 15) is 15.3 Å². The Kier molecular flexibility index (Phi) is 4.89. The molecule has 34 heavy (non-hydrogen) atoms. The fraction of sp³-hybridized carbons (Fsp3) is 0.320. The summed E-state index contributed by atoms with van der Waals surface area (Å²) in [5.74, 6) is 0. The molecular weight excluding hydrogens is 434 g/mol. The summed E-state index contributed by atoms with van der Waals surface area (Å²) in [4.78, 5) is 8.80. The molecule has 2 aromatic carbocycles. The number of rotatable bonds is 4. The van der Waals surface area contributed by atoms with E-state index in [1.807, 2.05) is 34.9 Å². The summed E-state index contributed by atoms with van der Waals surface area (Å²) >= 11 is 0. The summed E-state index contributed by atoms with van der Waals surface area (Å²) in [6, 6.07) is 18.5. The topological polar surface area (TPSA) is 129 Å². The maximum absolute atomic E-state index is 10.7. The first-order valence-electron chi connectivity index (χ1n) is 11.3. The van der Waals surface area contributed by atoms with Crippen molar-refractivity contribution in [3.8, 4) is 0 Å². The van der Waals surface area contributed by atoms with E-state index in [4.69, 9.17) is 10.1 Å². The van der Waals surface area contributed by atoms with Crippen LogP contribution in [0.15, 0.2) is 67.3 Å². The van der Waals surface area contributed by atoms with Gasteiger partial charge in [-0.25, -0.2) is 9.97 Å². The van der Waals surface area contributed by atoms with E-state index in [1.165, 1.54) is 11.9 Å². The lowest BCUT2D eigenvalue weighted by Crippen LogP contribution is -2.37. The van der Waals surface area contributed by atoms with E-state index < -0.39 is 36.7 Å². The van der Waals surface area contributed by atoms with E-state index in [0.717, 1.165) is 24.0 Å². The van der Waals surface area contributed by atoms with E-state index in [1.54, 1.807) is 10.9 Å². The predicted octanol–water partition coefficient (Wildman–Crippen LogP) is 1.06. The van der Waals surface area contributed by atoms with Crippen molar-refractivity contribution in [2.45, 2.75) is 42.9 Å². The third-order valence-corrected chi connectivity index (χ3v) is 7.20. The van der Waals surface area contributed by atoms with Crippen LogP contribution in [-0.4, -0.2) is 59.3 Å². The minimum Gasteiger partial charge on any atom is -0.394 e. The van der Waals surface area contributed by atoms with Crippen LogP contribution in [0.5, 0.6) is 0 Å². The smallest absolute Gasteiger partial charge is 0.176 e. The third-order valence-electron chi connectivity index (χ3n) is 7.20. The minimum atomic E-state index is -1.27. The number of aliphatic hydroxyl groups is 3. The normalized spacial score (nSPS) is 28.4. The van der Waals surface area contributed by atoms with Gasteiger partial charge < -0.3 is 24.6 Å². The van der Waals surface area contributed by atoms with Crippen molar-refractivity contribution < 1.29 is 20.1 Å². The first-order valence-corrected chi connectivity index (χ1v) is 11.3. The van der Waals surface area contributed by atoms with Crippen LogP contribution in [0.4, 0.5) is 0 Å². The van der Waals surface area contributed by atoms with Crippen molar-refractivity contribution in [2.24, 2.45) is 0 Å². The molecule has 1 saturated heterocycles. The fourth-order valence-corrected chi connectivity index (χ4v) is 5.56. The summed E-state index contributed by atoms with van der Waals surface area (Å²) < 4.78 is 9.49. The maximum atomic E-state index is 10.7. The van der Waals surface area contributed by atoms with Gasteiger partial charge in [0.15, 0.2) is 11.7 Å². The van der Waals surface area contributed by atoms with Crippen molar-refractivity contribution in [1.29, 1.82) is 5.41 Å². The van der Waals surface area contributed by atoms with Crippen LogP contribution in [-0.2, 0) is 16.7 Å². The number of benzene rings is 2. The quantitative estimate of drug-likeness (QED) is 0.361. The molecule has 1 fully saturated rings. The molecule has 2 aromatic heterocycles. The Morgan fingerprint density at radius 2 is 1.76 bits per heavy atom. The molecular formula is C25H25N5O4. The van der Waals surface area contributed by atoms with Crippen molar-refractivity contribution >= 4 is 11.2 Å². The Balaban J connectivity index is 1.65. The van der Waals surface area contributed by atoms with E-state index >= 15 is 0 Å². The molecule has 0 radical (unpaired) electrons. The van der Waals surface area contributed by atoms with Gasteiger partial charge >= 0.3 is 0 Å². The van der Waals surface area contributed by atoms with Gasteiger partial charge in [-0.15, -0.1) is 0 Å². The van der Waals surface area contributed by atoms with Gasteiger partial charge in [-0.1, -0.05) is 54.6 Å². The Labute approximate surface area is 195 Å². The second-order valence-corrected chi connectivity index (χ2v) is 8.90. The predicted molar refractivity (Wildman–Crippen MR) is 122 cm³/mol. The highest BCUT2D eigenvalue weighted by atomic mass is 16.6. The van der Waals surface area contributed by atoms with Crippen LogP contribution in [0.2, 0.25) is 0 Å². The number of hydrogen-bond donors (Lipinski definition) is 4. The SMILES string of the molecule is N=c1ncn(C2(c3ccccc3)CCc3ccccc32)c2c1ncn2[C@@H]1O[C@H](CO)[C@@H](O)[C@H]1O. The molecule has 1 unspecified atom stereocenters. The molecule has 0 saturated carbocycles. The standard InChI is InChI=1S/C25H25N5O4/c26-22-19-23(29(13-27-19)24-21(33)20(32)18(12-31)34-24)30(14-28-22)25(16-7-2-1-3-8-16)11-10-15-6-4-5-9-17(15)25/h1-9,13-14,18,20-21,24,26,31-33H,10-12H2/t18-,20-,21-,24-,25?/m1/s1. The maximum Gasteiger partial charge on any atom is 0.176 e. The molecule has 6 rings (SSSR count). The summed E-state index contributed by atoms with van der Waals surface area (Å²) in [6.07, 6.45) is 0.385. The second-order valence-electron chi connectivity index (χ2n) is 8.90. The highest BCUT2D eigenvalue weighted by Crippen LogP contribution is 2.46. The van der Waals surface area contributed by atoms with Crippen LogP contribution in [0.25, 0.3) is 11.2 Å². The van der Waals surface area contributed by atoms with Crippen molar-refractivity contribution in [3.05, 3.63) is 89.4 Å². The zero-order valence-electron chi connectivity index (χ0n) is 18.3. The molecule has 0 bridgehead atoms. The third kappa shape index (κ3) is 2.85. The first-order chi connectivity index (χ1) is 16.6. The number of hydrogen-bond acceptors (Lipinski definition) is 7. The van der Waals surface area contributed by atoms with Gasteiger partial charge in [-0.2, -0.15) is 0 Å². The average Bonchev–Trinajstić information content (AvgIpc) is 3.56. The van der Waals surface area contributed by atoms with Gasteiger partial charge in [0, 0.05) is 0 Å². The van der Waals surface area contributed by atoms with E-state index in [2.05, 4.69) is 34.2 Å². The van der Waals surface area contributed by atoms with E-state index in [-0.39, 0.29) is 5.49 Å². The lowest BCUT2D eigenvalue weighted by molar-refractivity contribution is -0.0514. The molecule has 2 aliphatic rings. The monoisotopic (exact) mass is 459 g/mol. The van der Waals surface area contributed by atoms with Crippen molar-refractivity contribution in [2.75, 3.05) is 6.61 Å². The summed E-state index contributed by atoms with van der Waals surface area (Å²) in [6.45, 7) is -0.423. The Morgan fingerprint density at radius 1 is 1.00 bits per heavy atom. The van der Waals surface area contributed by atoms with Gasteiger partial charge in [0.2, 0.25) is 0 Å². The van der Waals surface area contributed by atoms with Gasteiger partial charge in [0.05, 0.1) is 24.8 Å². The summed E-state index contributed by atoms with van der Waals surface area (Å²) in [5.41, 5.74) is 3.75. The number of fused-ring (bicyclic) bond motifs is 2. The molecule has 4 N–H and O–H groups in total. The molecule has 1 aliphatic heterocycles. The van der Waals surface area contributed by atoms with Crippen molar-refractivity contribution in [1.82, 2.24) is 19.1 Å². The molecule has 1 aliphatic carbocycles. The Morgan fingerprint density at radius 3 is 2.53 bits per heavy atom. The second kappa shape index (κ2) is 7.85. The molecule has 9 nitrogen and oxygen atoms in total. The van der Waals surface area contributed by atoms with Crippen LogP contribution >= 0.6 is 0 Å². The molecule has 3 heterocycles. The zero-order valence-corrected chi connectivity index (χ0v) is 18.3. The van der Waals surface area contributed by atoms with Gasteiger partial charge in [0.1, 0.15) is 29.5 Å². The van der Waals surface area contributed by atoms with Crippen LogP contribution in [0.3, 0.4) is 0 Å². The van der Waals surface area contributed by atoms with Gasteiger partial charge in [0.25, 0.3) is 0 Å². The zero-order chi connectivity index (χ0) is 23.4. The van der Waals surface area contributed by atoms with Gasteiger partial charge in [-0.05, 0) is 29.5 Å². The van der Waals surface area contributed by atoms with E-state index in [0.29, 0.717) is 11.2 Å². The van der Waals surface area contributed by atoms with Crippen LogP contribution in [0, 0.1) is 5.41 Å². The largest absolute Gasteiger partial charge is 0.394 e. The number of nitrogens with zero attached hydrogens (tertiary/aromatic N) is 4. The number of aryl methyl sites for hydroxylation is 1. The lowest BCUT2D eigenvalue weighted by atomic mass is 9.83.